The highest BCUT2D eigenvalue weighted by molar-refractivity contribution is 5.99. The summed E-state index contributed by atoms with van der Waals surface area (Å²) in [5, 5.41) is 18.3. The Labute approximate surface area is 143 Å². The van der Waals surface area contributed by atoms with E-state index in [9.17, 15) is 14.9 Å². The molecule has 25 heavy (non-hydrogen) atoms. The van der Waals surface area contributed by atoms with Crippen molar-refractivity contribution < 1.29 is 19.2 Å². The molecule has 2 rings (SSSR count). The molecule has 0 saturated carbocycles. The van der Waals surface area contributed by atoms with E-state index in [4.69, 9.17) is 9.47 Å². The van der Waals surface area contributed by atoms with Crippen LogP contribution in [0.2, 0.25) is 0 Å². The van der Waals surface area contributed by atoms with E-state index in [0.717, 1.165) is 16.4 Å². The number of nitrogens with one attached hydrogen (secondary N) is 1. The minimum atomic E-state index is -0.583. The van der Waals surface area contributed by atoms with Gasteiger partial charge in [0.25, 0.3) is 5.91 Å². The number of hydrogen-bond donors (Lipinski definition) is 1. The molecule has 1 aromatic heterocycles. The monoisotopic (exact) mass is 347 g/mol. The maximum Gasteiger partial charge on any atom is 0.307 e. The SMILES string of the molecule is COc1ccc(C(C)=NNC(=O)Cn2cc([N+](=O)[O-])cn2)cc1OC. The highest BCUT2D eigenvalue weighted by atomic mass is 16.6. The predicted octanol–water partition coefficient (Wildman–Crippen LogP) is 1.35. The van der Waals surface area contributed by atoms with Gasteiger partial charge in [-0.2, -0.15) is 10.2 Å². The Morgan fingerprint density at radius 3 is 2.68 bits per heavy atom. The van der Waals surface area contributed by atoms with E-state index in [1.165, 1.54) is 20.4 Å². The average molecular weight is 347 g/mol. The molecule has 0 radical (unpaired) electrons. The van der Waals surface area contributed by atoms with E-state index in [1.807, 2.05) is 0 Å². The van der Waals surface area contributed by atoms with Crippen molar-refractivity contribution >= 4 is 17.3 Å². The topological polar surface area (TPSA) is 121 Å². The number of hydrogen-bond acceptors (Lipinski definition) is 7. The van der Waals surface area contributed by atoms with Gasteiger partial charge in [-0.05, 0) is 25.1 Å². The Balaban J connectivity index is 2.02. The molecule has 1 aromatic carbocycles. The summed E-state index contributed by atoms with van der Waals surface area (Å²) in [6.07, 6.45) is 2.25. The van der Waals surface area contributed by atoms with Gasteiger partial charge < -0.3 is 9.47 Å². The standard InChI is InChI=1S/C15H17N5O5/c1-10(11-4-5-13(24-2)14(6-11)25-3)17-18-15(21)9-19-8-12(7-16-19)20(22)23/h4-8H,9H2,1-3H3,(H,18,21). The Morgan fingerprint density at radius 2 is 2.08 bits per heavy atom. The van der Waals surface area contributed by atoms with Crippen LogP contribution in [0.5, 0.6) is 11.5 Å². The number of nitro groups is 1. The first kappa shape index (κ1) is 17.9. The molecule has 0 aliphatic rings. The van der Waals surface area contributed by atoms with Crippen molar-refractivity contribution in [2.75, 3.05) is 14.2 Å². The third-order valence-corrected chi connectivity index (χ3v) is 3.29. The average Bonchev–Trinajstić information content (AvgIpc) is 3.07. The van der Waals surface area contributed by atoms with Crippen LogP contribution < -0.4 is 14.9 Å². The fourth-order valence-electron chi connectivity index (χ4n) is 1.99. The number of hydrazone groups is 1. The lowest BCUT2D eigenvalue weighted by Gasteiger charge is -2.09. The van der Waals surface area contributed by atoms with Gasteiger partial charge in [0.2, 0.25) is 0 Å². The lowest BCUT2D eigenvalue weighted by Crippen LogP contribution is -2.24. The molecule has 10 nitrogen and oxygen atoms in total. The summed E-state index contributed by atoms with van der Waals surface area (Å²) in [6, 6.07) is 5.25. The van der Waals surface area contributed by atoms with Crippen molar-refractivity contribution in [3.8, 4) is 11.5 Å². The molecular weight excluding hydrogens is 330 g/mol. The predicted molar refractivity (Wildman–Crippen MR) is 88.8 cm³/mol. The smallest absolute Gasteiger partial charge is 0.307 e. The van der Waals surface area contributed by atoms with Crippen LogP contribution >= 0.6 is 0 Å². The lowest BCUT2D eigenvalue weighted by molar-refractivity contribution is -0.385. The first-order valence-electron chi connectivity index (χ1n) is 7.17. The molecular formula is C15H17N5O5. The molecule has 10 heteroatoms. The second-order valence-corrected chi connectivity index (χ2v) is 4.96. The molecule has 0 atom stereocenters. The fourth-order valence-corrected chi connectivity index (χ4v) is 1.99. The summed E-state index contributed by atoms with van der Waals surface area (Å²) in [7, 11) is 3.07. The van der Waals surface area contributed by atoms with Gasteiger partial charge in [0.05, 0.1) is 24.9 Å². The maximum atomic E-state index is 11.9. The van der Waals surface area contributed by atoms with Crippen LogP contribution in [0.15, 0.2) is 35.7 Å². The van der Waals surface area contributed by atoms with Gasteiger partial charge in [0.1, 0.15) is 18.9 Å². The van der Waals surface area contributed by atoms with Crippen LogP contribution in [0.3, 0.4) is 0 Å². The van der Waals surface area contributed by atoms with Gasteiger partial charge in [-0.1, -0.05) is 0 Å². The third-order valence-electron chi connectivity index (χ3n) is 3.29. The zero-order valence-corrected chi connectivity index (χ0v) is 13.9. The first-order chi connectivity index (χ1) is 11.9. The van der Waals surface area contributed by atoms with Crippen LogP contribution in [0.4, 0.5) is 5.69 Å². The molecule has 0 bridgehead atoms. The Kier molecular flexibility index (Phi) is 5.66. The molecule has 132 valence electrons. The number of aromatic nitrogens is 2. The van der Waals surface area contributed by atoms with E-state index >= 15 is 0 Å². The molecule has 0 aliphatic heterocycles. The lowest BCUT2D eigenvalue weighted by atomic mass is 10.1. The molecule has 1 amide bonds. The second kappa shape index (κ2) is 7.90. The number of ether oxygens (including phenoxy) is 2. The van der Waals surface area contributed by atoms with Crippen molar-refractivity contribution in [2.24, 2.45) is 5.10 Å². The molecule has 0 unspecified atom stereocenters. The van der Waals surface area contributed by atoms with E-state index < -0.39 is 10.8 Å². The third kappa shape index (κ3) is 4.53. The summed E-state index contributed by atoms with van der Waals surface area (Å²) in [5.41, 5.74) is 3.50. The van der Waals surface area contributed by atoms with Crippen molar-refractivity contribution in [2.45, 2.75) is 13.5 Å². The molecule has 0 fully saturated rings. The van der Waals surface area contributed by atoms with E-state index in [-0.39, 0.29) is 12.2 Å². The largest absolute Gasteiger partial charge is 0.493 e. The minimum absolute atomic E-state index is 0.183. The zero-order valence-electron chi connectivity index (χ0n) is 13.9. The van der Waals surface area contributed by atoms with Gasteiger partial charge in [0, 0.05) is 5.56 Å². The maximum absolute atomic E-state index is 11.9. The first-order valence-corrected chi connectivity index (χ1v) is 7.17. The van der Waals surface area contributed by atoms with Crippen LogP contribution in [0.1, 0.15) is 12.5 Å². The van der Waals surface area contributed by atoms with E-state index in [0.29, 0.717) is 17.2 Å². The number of amides is 1. The van der Waals surface area contributed by atoms with Crippen LogP contribution in [-0.4, -0.2) is 40.5 Å². The molecule has 0 saturated heterocycles. The second-order valence-electron chi connectivity index (χ2n) is 4.96. The van der Waals surface area contributed by atoms with Crippen molar-refractivity contribution in [1.82, 2.24) is 15.2 Å². The number of nitrogens with zero attached hydrogens (tertiary/aromatic N) is 4. The highest BCUT2D eigenvalue weighted by Crippen LogP contribution is 2.27. The zero-order chi connectivity index (χ0) is 18.4. The minimum Gasteiger partial charge on any atom is -0.493 e. The normalized spacial score (nSPS) is 11.1. The summed E-state index contributed by atoms with van der Waals surface area (Å²) >= 11 is 0. The fraction of sp³-hybridized carbons (Fsp3) is 0.267. The molecule has 1 N–H and O–H groups in total. The van der Waals surface area contributed by atoms with Crippen molar-refractivity contribution in [3.05, 3.63) is 46.3 Å². The summed E-state index contributed by atoms with van der Waals surface area (Å²) < 4.78 is 11.5. The Hall–Kier alpha value is -3.43. The number of methoxy groups -OCH3 is 2. The molecule has 0 aliphatic carbocycles. The van der Waals surface area contributed by atoms with Gasteiger partial charge >= 0.3 is 5.69 Å². The number of rotatable bonds is 7. The highest BCUT2D eigenvalue weighted by Gasteiger charge is 2.11. The van der Waals surface area contributed by atoms with Crippen molar-refractivity contribution in [1.29, 1.82) is 0 Å². The quantitative estimate of drug-likeness (QED) is 0.458. The van der Waals surface area contributed by atoms with Crippen LogP contribution in [0, 0.1) is 10.1 Å². The van der Waals surface area contributed by atoms with Gasteiger partial charge in [-0.15, -0.1) is 0 Å². The molecule has 0 spiro atoms. The van der Waals surface area contributed by atoms with Gasteiger partial charge in [-0.3, -0.25) is 19.6 Å². The number of carbonyl (C=O) groups excluding carboxylic acids is 1. The summed E-state index contributed by atoms with van der Waals surface area (Å²) in [5.74, 6) is 0.672. The van der Waals surface area contributed by atoms with E-state index in [2.05, 4.69) is 15.6 Å². The number of carbonyl (C=O) groups is 1. The summed E-state index contributed by atoms with van der Waals surface area (Å²) in [4.78, 5) is 21.9. The van der Waals surface area contributed by atoms with Gasteiger partial charge in [-0.25, -0.2) is 5.43 Å². The molecule has 2 aromatic rings. The van der Waals surface area contributed by atoms with E-state index in [1.54, 1.807) is 25.1 Å². The summed E-state index contributed by atoms with van der Waals surface area (Å²) in [6.45, 7) is 1.54. The van der Waals surface area contributed by atoms with Crippen molar-refractivity contribution in [3.63, 3.8) is 0 Å². The van der Waals surface area contributed by atoms with Crippen LogP contribution in [0.25, 0.3) is 0 Å². The Morgan fingerprint density at radius 1 is 1.36 bits per heavy atom. The van der Waals surface area contributed by atoms with Crippen LogP contribution in [-0.2, 0) is 11.3 Å². The number of benzene rings is 1. The Bertz CT molecular complexity index is 814. The van der Waals surface area contributed by atoms with Gasteiger partial charge in [0.15, 0.2) is 11.5 Å². The molecule has 1 heterocycles.